The molecule has 1 aromatic rings. The highest BCUT2D eigenvalue weighted by Crippen LogP contribution is 2.34. The Morgan fingerprint density at radius 2 is 2.18 bits per heavy atom. The minimum Gasteiger partial charge on any atom is -0.324 e. The summed E-state index contributed by atoms with van der Waals surface area (Å²) in [6.45, 7) is 0. The maximum Gasteiger partial charge on any atom is 0.0314 e. The van der Waals surface area contributed by atoms with Crippen LogP contribution >= 0.6 is 11.8 Å². The molecule has 1 nitrogen and oxygen atoms in total. The second-order valence-corrected chi connectivity index (χ2v) is 3.92. The number of hydrogen-bond acceptors (Lipinski definition) is 2. The van der Waals surface area contributed by atoms with Gasteiger partial charge in [0, 0.05) is 10.9 Å². The highest BCUT2D eigenvalue weighted by Gasteiger charge is 2.15. The molecule has 0 saturated heterocycles. The van der Waals surface area contributed by atoms with Gasteiger partial charge in [-0.1, -0.05) is 18.2 Å². The van der Waals surface area contributed by atoms with Crippen LogP contribution in [0.3, 0.4) is 0 Å². The Labute approximate surface area is 71.0 Å². The van der Waals surface area contributed by atoms with Crippen LogP contribution in [0.2, 0.25) is 0 Å². The van der Waals surface area contributed by atoms with Crippen molar-refractivity contribution in [3.8, 4) is 0 Å². The van der Waals surface area contributed by atoms with Gasteiger partial charge in [-0.05, 0) is 23.8 Å². The number of hydrogen-bond donors (Lipinski definition) is 1. The molecule has 0 spiro atoms. The molecule has 0 saturated carbocycles. The number of nitrogens with two attached hydrogens (primary N) is 1. The minimum atomic E-state index is 0.271. The van der Waals surface area contributed by atoms with Crippen molar-refractivity contribution in [1.29, 1.82) is 0 Å². The largest absolute Gasteiger partial charge is 0.324 e. The van der Waals surface area contributed by atoms with Crippen molar-refractivity contribution in [3.63, 3.8) is 0 Å². The SMILES string of the molecule is N[C@@H]1CCSc2ccccc21. The van der Waals surface area contributed by atoms with Gasteiger partial charge in [-0.15, -0.1) is 11.8 Å². The molecule has 1 aliphatic heterocycles. The third kappa shape index (κ3) is 1.28. The molecule has 1 aliphatic rings. The number of benzene rings is 1. The normalized spacial score (nSPS) is 22.8. The van der Waals surface area contributed by atoms with E-state index in [9.17, 15) is 0 Å². The van der Waals surface area contributed by atoms with E-state index in [1.165, 1.54) is 10.5 Å². The van der Waals surface area contributed by atoms with Crippen LogP contribution in [-0.4, -0.2) is 5.75 Å². The van der Waals surface area contributed by atoms with E-state index in [0.29, 0.717) is 0 Å². The van der Waals surface area contributed by atoms with Crippen LogP contribution in [0.25, 0.3) is 0 Å². The maximum absolute atomic E-state index is 5.93. The molecule has 0 aliphatic carbocycles. The molecule has 0 bridgehead atoms. The van der Waals surface area contributed by atoms with Gasteiger partial charge in [0.1, 0.15) is 0 Å². The zero-order valence-electron chi connectivity index (χ0n) is 6.29. The fourth-order valence-corrected chi connectivity index (χ4v) is 2.52. The van der Waals surface area contributed by atoms with Crippen LogP contribution in [0, 0.1) is 0 Å². The van der Waals surface area contributed by atoms with Crippen LogP contribution in [-0.2, 0) is 0 Å². The minimum absolute atomic E-state index is 0.271. The summed E-state index contributed by atoms with van der Waals surface area (Å²) in [5.74, 6) is 1.16. The van der Waals surface area contributed by atoms with Crippen molar-refractivity contribution in [3.05, 3.63) is 29.8 Å². The Morgan fingerprint density at radius 1 is 1.36 bits per heavy atom. The van der Waals surface area contributed by atoms with Gasteiger partial charge in [-0.25, -0.2) is 0 Å². The van der Waals surface area contributed by atoms with Crippen LogP contribution in [0.5, 0.6) is 0 Å². The van der Waals surface area contributed by atoms with E-state index in [0.717, 1.165) is 12.2 Å². The van der Waals surface area contributed by atoms with Crippen molar-refractivity contribution in [1.82, 2.24) is 0 Å². The lowest BCUT2D eigenvalue weighted by Gasteiger charge is -2.20. The van der Waals surface area contributed by atoms with Gasteiger partial charge in [-0.2, -0.15) is 0 Å². The van der Waals surface area contributed by atoms with Gasteiger partial charge in [0.05, 0.1) is 0 Å². The van der Waals surface area contributed by atoms with Crippen molar-refractivity contribution in [2.75, 3.05) is 5.75 Å². The topological polar surface area (TPSA) is 26.0 Å². The average Bonchev–Trinajstić information content (AvgIpc) is 2.06. The first-order chi connectivity index (χ1) is 5.38. The van der Waals surface area contributed by atoms with E-state index in [1.807, 2.05) is 11.8 Å². The smallest absolute Gasteiger partial charge is 0.0314 e. The Kier molecular flexibility index (Phi) is 1.88. The molecule has 0 aromatic heterocycles. The summed E-state index contributed by atoms with van der Waals surface area (Å²) in [4.78, 5) is 1.37. The molecule has 11 heavy (non-hydrogen) atoms. The lowest BCUT2D eigenvalue weighted by molar-refractivity contribution is 0.680. The van der Waals surface area contributed by atoms with Crippen LogP contribution in [0.4, 0.5) is 0 Å². The van der Waals surface area contributed by atoms with E-state index >= 15 is 0 Å². The molecule has 2 rings (SSSR count). The van der Waals surface area contributed by atoms with Crippen LogP contribution in [0.1, 0.15) is 18.0 Å². The fourth-order valence-electron chi connectivity index (χ4n) is 1.37. The highest BCUT2D eigenvalue weighted by molar-refractivity contribution is 7.99. The average molecular weight is 165 g/mol. The van der Waals surface area contributed by atoms with E-state index in [-0.39, 0.29) is 6.04 Å². The lowest BCUT2D eigenvalue weighted by Crippen LogP contribution is -2.15. The maximum atomic E-state index is 5.93. The molecule has 0 unspecified atom stereocenters. The molecule has 0 amide bonds. The summed E-state index contributed by atoms with van der Waals surface area (Å²) in [6, 6.07) is 8.69. The zero-order valence-corrected chi connectivity index (χ0v) is 7.10. The number of thioether (sulfide) groups is 1. The second kappa shape index (κ2) is 2.88. The third-order valence-corrected chi connectivity index (χ3v) is 3.13. The fraction of sp³-hybridized carbons (Fsp3) is 0.333. The molecule has 1 aromatic carbocycles. The van der Waals surface area contributed by atoms with Crippen molar-refractivity contribution >= 4 is 11.8 Å². The van der Waals surface area contributed by atoms with Crippen molar-refractivity contribution in [2.24, 2.45) is 5.73 Å². The Bertz CT molecular complexity index is 259. The van der Waals surface area contributed by atoms with E-state index in [2.05, 4.69) is 24.3 Å². The van der Waals surface area contributed by atoms with E-state index in [1.54, 1.807) is 0 Å². The molecule has 1 heterocycles. The second-order valence-electron chi connectivity index (χ2n) is 2.78. The summed E-state index contributed by atoms with van der Waals surface area (Å²) >= 11 is 1.91. The predicted molar refractivity (Wildman–Crippen MR) is 48.7 cm³/mol. The molecule has 0 radical (unpaired) electrons. The van der Waals surface area contributed by atoms with Gasteiger partial charge >= 0.3 is 0 Å². The predicted octanol–water partition coefficient (Wildman–Crippen LogP) is 2.18. The summed E-state index contributed by atoms with van der Waals surface area (Å²) in [7, 11) is 0. The van der Waals surface area contributed by atoms with Crippen LogP contribution < -0.4 is 5.73 Å². The molecular formula is C9H11NS. The molecule has 0 fully saturated rings. The summed E-state index contributed by atoms with van der Waals surface area (Å²) in [6.07, 6.45) is 1.11. The van der Waals surface area contributed by atoms with Gasteiger partial charge in [0.15, 0.2) is 0 Å². The van der Waals surface area contributed by atoms with Crippen molar-refractivity contribution in [2.45, 2.75) is 17.4 Å². The Hall–Kier alpha value is -0.470. The van der Waals surface area contributed by atoms with E-state index < -0.39 is 0 Å². The summed E-state index contributed by atoms with van der Waals surface area (Å²) in [5, 5.41) is 0. The first-order valence-corrected chi connectivity index (χ1v) is 4.84. The first-order valence-electron chi connectivity index (χ1n) is 3.85. The first kappa shape index (κ1) is 7.19. The molecule has 1 atom stereocenters. The Morgan fingerprint density at radius 3 is 3.00 bits per heavy atom. The van der Waals surface area contributed by atoms with Gasteiger partial charge in [0.25, 0.3) is 0 Å². The summed E-state index contributed by atoms with van der Waals surface area (Å²) < 4.78 is 0. The number of rotatable bonds is 0. The molecule has 2 N–H and O–H groups in total. The highest BCUT2D eigenvalue weighted by atomic mass is 32.2. The summed E-state index contributed by atoms with van der Waals surface area (Å²) in [5.41, 5.74) is 7.26. The van der Waals surface area contributed by atoms with Crippen LogP contribution in [0.15, 0.2) is 29.2 Å². The van der Waals surface area contributed by atoms with E-state index in [4.69, 9.17) is 5.73 Å². The standard InChI is InChI=1S/C9H11NS/c10-8-5-6-11-9-4-2-1-3-7(8)9/h1-4,8H,5-6,10H2/t8-/m1/s1. The molecular weight excluding hydrogens is 154 g/mol. The monoisotopic (exact) mass is 165 g/mol. The lowest BCUT2D eigenvalue weighted by atomic mass is 10.1. The Balaban J connectivity index is 2.44. The van der Waals surface area contributed by atoms with Gasteiger partial charge < -0.3 is 5.73 Å². The molecule has 58 valence electrons. The van der Waals surface area contributed by atoms with Gasteiger partial charge in [0.2, 0.25) is 0 Å². The van der Waals surface area contributed by atoms with Crippen molar-refractivity contribution < 1.29 is 0 Å². The molecule has 2 heteroatoms. The number of fused-ring (bicyclic) bond motifs is 1. The van der Waals surface area contributed by atoms with Gasteiger partial charge in [-0.3, -0.25) is 0 Å². The zero-order chi connectivity index (χ0) is 7.68. The quantitative estimate of drug-likeness (QED) is 0.637. The third-order valence-electron chi connectivity index (χ3n) is 2.00.